The van der Waals surface area contributed by atoms with Gasteiger partial charge in [-0.3, -0.25) is 4.79 Å². The largest absolute Gasteiger partial charge is 0.494 e. The molecule has 1 atom stereocenters. The molecule has 39 heavy (non-hydrogen) atoms. The monoisotopic (exact) mass is 587 g/mol. The first-order valence-corrected chi connectivity index (χ1v) is 16.1. The number of ether oxygens (including phenoxy) is 1. The van der Waals surface area contributed by atoms with E-state index in [4.69, 9.17) is 27.9 Å². The molecule has 0 saturated carbocycles. The van der Waals surface area contributed by atoms with E-state index in [0.717, 1.165) is 35.3 Å². The zero-order valence-corrected chi connectivity index (χ0v) is 24.6. The van der Waals surface area contributed by atoms with Gasteiger partial charge in [0.15, 0.2) is 9.84 Å². The Morgan fingerprint density at radius 3 is 2.31 bits per heavy atom. The highest BCUT2D eigenvalue weighted by atomic mass is 35.5. The van der Waals surface area contributed by atoms with Gasteiger partial charge in [-0.15, -0.1) is 0 Å². The first-order chi connectivity index (χ1) is 18.8. The summed E-state index contributed by atoms with van der Waals surface area (Å²) in [4.78, 5) is 15.3. The van der Waals surface area contributed by atoms with Crippen molar-refractivity contribution in [3.63, 3.8) is 0 Å². The van der Waals surface area contributed by atoms with E-state index in [0.29, 0.717) is 35.2 Å². The maximum absolute atomic E-state index is 13.6. The molecule has 0 bridgehead atoms. The van der Waals surface area contributed by atoms with Crippen LogP contribution in [0.3, 0.4) is 0 Å². The molecule has 1 saturated heterocycles. The number of carbonyl (C=O) groups is 1. The average Bonchev–Trinajstić information content (AvgIpc) is 3.29. The standard InChI is InChI=1S/C31H35Cl2NO4S/c1-2-3-4-5-6-18-38-28-14-11-25(12-15-28)31(35)34(27-17-19-39(36,37)22-27)21-23-7-9-24(10-8-23)29-16-13-26(32)20-30(29)33/h7-16,20,27H,2-6,17-19,21-22H2,1H3. The maximum atomic E-state index is 13.6. The lowest BCUT2D eigenvalue weighted by molar-refractivity contribution is 0.0681. The van der Waals surface area contributed by atoms with Crippen LogP contribution in [-0.2, 0) is 16.4 Å². The lowest BCUT2D eigenvalue weighted by atomic mass is 10.0. The van der Waals surface area contributed by atoms with Crippen molar-refractivity contribution in [2.45, 2.75) is 58.0 Å². The molecule has 0 spiro atoms. The number of nitrogens with zero attached hydrogens (tertiary/aromatic N) is 1. The van der Waals surface area contributed by atoms with Crippen LogP contribution in [-0.4, -0.2) is 43.4 Å². The zero-order valence-electron chi connectivity index (χ0n) is 22.2. The van der Waals surface area contributed by atoms with Crippen LogP contribution in [0.4, 0.5) is 0 Å². The Morgan fingerprint density at radius 1 is 0.949 bits per heavy atom. The molecular formula is C31H35Cl2NO4S. The van der Waals surface area contributed by atoms with E-state index in [1.165, 1.54) is 19.3 Å². The number of amides is 1. The highest BCUT2D eigenvalue weighted by Crippen LogP contribution is 2.31. The number of halogens is 2. The Balaban J connectivity index is 1.46. The minimum absolute atomic E-state index is 0.0174. The van der Waals surface area contributed by atoms with E-state index in [9.17, 15) is 13.2 Å². The molecule has 0 radical (unpaired) electrons. The fourth-order valence-corrected chi connectivity index (χ4v) is 7.10. The molecule has 0 N–H and O–H groups in total. The molecule has 1 aliphatic heterocycles. The zero-order chi connectivity index (χ0) is 27.8. The van der Waals surface area contributed by atoms with Crippen LogP contribution in [0.2, 0.25) is 10.0 Å². The molecule has 1 amide bonds. The SMILES string of the molecule is CCCCCCCOc1ccc(C(=O)N(Cc2ccc(-c3ccc(Cl)cc3Cl)cc2)C2CCS(=O)(=O)C2)cc1. The van der Waals surface area contributed by atoms with Gasteiger partial charge in [0, 0.05) is 33.8 Å². The van der Waals surface area contributed by atoms with Crippen molar-refractivity contribution in [2.75, 3.05) is 18.1 Å². The summed E-state index contributed by atoms with van der Waals surface area (Å²) in [5.41, 5.74) is 3.22. The quantitative estimate of drug-likeness (QED) is 0.202. The topological polar surface area (TPSA) is 63.7 Å². The molecule has 4 rings (SSSR count). The normalized spacial score (nSPS) is 16.2. The van der Waals surface area contributed by atoms with Crippen LogP contribution in [0.5, 0.6) is 5.75 Å². The van der Waals surface area contributed by atoms with E-state index in [1.54, 1.807) is 29.2 Å². The van der Waals surface area contributed by atoms with Gasteiger partial charge in [-0.25, -0.2) is 8.42 Å². The van der Waals surface area contributed by atoms with Gasteiger partial charge in [-0.1, -0.05) is 86.1 Å². The van der Waals surface area contributed by atoms with E-state index in [-0.39, 0.29) is 23.5 Å². The second-order valence-electron chi connectivity index (χ2n) is 10.1. The molecule has 208 valence electrons. The Hall–Kier alpha value is -2.54. The van der Waals surface area contributed by atoms with Crippen LogP contribution in [0.15, 0.2) is 66.7 Å². The molecule has 0 aliphatic carbocycles. The highest BCUT2D eigenvalue weighted by Gasteiger charge is 2.35. The summed E-state index contributed by atoms with van der Waals surface area (Å²) in [5.74, 6) is 0.623. The predicted molar refractivity (Wildman–Crippen MR) is 160 cm³/mol. The molecule has 0 aromatic heterocycles. The van der Waals surface area contributed by atoms with Gasteiger partial charge in [-0.2, -0.15) is 0 Å². The third-order valence-corrected chi connectivity index (χ3v) is 9.38. The molecule has 1 heterocycles. The number of hydrogen-bond donors (Lipinski definition) is 0. The van der Waals surface area contributed by atoms with Crippen molar-refractivity contribution in [3.05, 3.63) is 87.9 Å². The smallest absolute Gasteiger partial charge is 0.254 e. The van der Waals surface area contributed by atoms with Gasteiger partial charge in [0.2, 0.25) is 0 Å². The summed E-state index contributed by atoms with van der Waals surface area (Å²) in [7, 11) is -3.16. The molecule has 1 fully saturated rings. The van der Waals surface area contributed by atoms with E-state index in [1.807, 2.05) is 42.5 Å². The van der Waals surface area contributed by atoms with Gasteiger partial charge in [0.25, 0.3) is 5.91 Å². The maximum Gasteiger partial charge on any atom is 0.254 e. The van der Waals surface area contributed by atoms with Crippen LogP contribution in [0.25, 0.3) is 11.1 Å². The van der Waals surface area contributed by atoms with E-state index < -0.39 is 9.84 Å². The minimum Gasteiger partial charge on any atom is -0.494 e. The van der Waals surface area contributed by atoms with Crippen molar-refractivity contribution in [1.82, 2.24) is 4.90 Å². The number of carbonyl (C=O) groups excluding carboxylic acids is 1. The Bertz CT molecular complexity index is 1360. The van der Waals surface area contributed by atoms with Crippen molar-refractivity contribution in [1.29, 1.82) is 0 Å². The van der Waals surface area contributed by atoms with E-state index in [2.05, 4.69) is 6.92 Å². The highest BCUT2D eigenvalue weighted by molar-refractivity contribution is 7.91. The number of sulfone groups is 1. The number of benzene rings is 3. The lowest BCUT2D eigenvalue weighted by Gasteiger charge is -2.29. The van der Waals surface area contributed by atoms with Gasteiger partial charge in [-0.05, 0) is 60.4 Å². The van der Waals surface area contributed by atoms with Gasteiger partial charge >= 0.3 is 0 Å². The lowest BCUT2D eigenvalue weighted by Crippen LogP contribution is -2.40. The van der Waals surface area contributed by atoms with Crippen LogP contribution < -0.4 is 4.74 Å². The first kappa shape index (κ1) is 29.4. The third kappa shape index (κ3) is 8.23. The Morgan fingerprint density at radius 2 is 1.67 bits per heavy atom. The molecule has 8 heteroatoms. The van der Waals surface area contributed by atoms with Crippen LogP contribution in [0.1, 0.15) is 61.4 Å². The van der Waals surface area contributed by atoms with Crippen molar-refractivity contribution in [3.8, 4) is 16.9 Å². The second-order valence-corrected chi connectivity index (χ2v) is 13.2. The molecule has 1 unspecified atom stereocenters. The average molecular weight is 589 g/mol. The second kappa shape index (κ2) is 13.7. The number of hydrogen-bond acceptors (Lipinski definition) is 4. The van der Waals surface area contributed by atoms with Gasteiger partial charge < -0.3 is 9.64 Å². The molecule has 1 aliphatic rings. The Kier molecular flexibility index (Phi) is 10.3. The van der Waals surface area contributed by atoms with Crippen LogP contribution >= 0.6 is 23.2 Å². The summed E-state index contributed by atoms with van der Waals surface area (Å²) in [6.07, 6.45) is 6.27. The van der Waals surface area contributed by atoms with Crippen molar-refractivity contribution in [2.24, 2.45) is 0 Å². The number of rotatable bonds is 12. The summed E-state index contributed by atoms with van der Waals surface area (Å²) in [6.45, 7) is 3.16. The van der Waals surface area contributed by atoms with Gasteiger partial charge in [0.1, 0.15) is 5.75 Å². The third-order valence-electron chi connectivity index (χ3n) is 7.08. The predicted octanol–water partition coefficient (Wildman–Crippen LogP) is 7.84. The summed E-state index contributed by atoms with van der Waals surface area (Å²) in [5, 5.41) is 1.13. The fraction of sp³-hybridized carbons (Fsp3) is 0.387. The summed E-state index contributed by atoms with van der Waals surface area (Å²) >= 11 is 12.4. The van der Waals surface area contributed by atoms with Crippen LogP contribution in [0, 0.1) is 0 Å². The van der Waals surface area contributed by atoms with Crippen molar-refractivity contribution < 1.29 is 17.9 Å². The molecular weight excluding hydrogens is 553 g/mol. The summed E-state index contributed by atoms with van der Waals surface area (Å²) in [6, 6.07) is 19.9. The molecule has 5 nitrogen and oxygen atoms in total. The first-order valence-electron chi connectivity index (χ1n) is 13.5. The molecule has 3 aromatic carbocycles. The fourth-order valence-electron chi connectivity index (χ4n) is 4.85. The minimum atomic E-state index is -3.16. The van der Waals surface area contributed by atoms with Crippen molar-refractivity contribution >= 4 is 38.9 Å². The molecule has 3 aromatic rings. The van der Waals surface area contributed by atoms with Gasteiger partial charge in [0.05, 0.1) is 18.1 Å². The number of unbranched alkanes of at least 4 members (excludes halogenated alkanes) is 4. The Labute approximate surface area is 242 Å². The summed E-state index contributed by atoms with van der Waals surface area (Å²) < 4.78 is 30.4. The van der Waals surface area contributed by atoms with E-state index >= 15 is 0 Å².